The molecule has 0 spiro atoms. The third-order valence-electron chi connectivity index (χ3n) is 4.07. The lowest BCUT2D eigenvalue weighted by molar-refractivity contribution is -0.154. The molecule has 98 valence electrons. The first-order valence-electron chi connectivity index (χ1n) is 6.46. The van der Waals surface area contributed by atoms with Gasteiger partial charge in [0, 0.05) is 19.5 Å². The zero-order chi connectivity index (χ0) is 13.1. The molecule has 0 aromatic rings. The zero-order valence-corrected chi connectivity index (χ0v) is 11.0. The lowest BCUT2D eigenvalue weighted by Crippen LogP contribution is -2.38. The van der Waals surface area contributed by atoms with E-state index in [9.17, 15) is 14.7 Å². The first kappa shape index (κ1) is 14.0. The molecule has 1 atom stereocenters. The number of carboxylic acid groups (broad SMARTS) is 1. The first-order chi connectivity index (χ1) is 7.95. The van der Waals surface area contributed by atoms with E-state index in [2.05, 4.69) is 6.92 Å². The largest absolute Gasteiger partial charge is 0.481 e. The molecule has 0 bridgehead atoms. The Morgan fingerprint density at radius 2 is 1.94 bits per heavy atom. The molecule has 1 amide bonds. The molecule has 1 aliphatic rings. The van der Waals surface area contributed by atoms with Crippen LogP contribution < -0.4 is 0 Å². The van der Waals surface area contributed by atoms with Gasteiger partial charge in [0.25, 0.3) is 0 Å². The van der Waals surface area contributed by atoms with Crippen LogP contribution in [0, 0.1) is 11.3 Å². The number of hydrogen-bond acceptors (Lipinski definition) is 2. The summed E-state index contributed by atoms with van der Waals surface area (Å²) in [6.07, 6.45) is 2.19. The SMILES string of the molecule is CCC(CC)(CC(=O)N1CCC(C)C1)C(=O)O. The number of carbonyl (C=O) groups excluding carboxylic acids is 1. The molecule has 4 heteroatoms. The monoisotopic (exact) mass is 241 g/mol. The normalized spacial score (nSPS) is 20.6. The van der Waals surface area contributed by atoms with Gasteiger partial charge in [-0.05, 0) is 25.2 Å². The van der Waals surface area contributed by atoms with E-state index in [1.807, 2.05) is 18.7 Å². The smallest absolute Gasteiger partial charge is 0.310 e. The van der Waals surface area contributed by atoms with Gasteiger partial charge < -0.3 is 10.0 Å². The highest BCUT2D eigenvalue weighted by atomic mass is 16.4. The Kier molecular flexibility index (Phi) is 4.54. The second-order valence-corrected chi connectivity index (χ2v) is 5.20. The highest BCUT2D eigenvalue weighted by Gasteiger charge is 2.39. The van der Waals surface area contributed by atoms with Crippen LogP contribution in [0.3, 0.4) is 0 Å². The summed E-state index contributed by atoms with van der Waals surface area (Å²) in [7, 11) is 0. The Morgan fingerprint density at radius 3 is 2.29 bits per heavy atom. The van der Waals surface area contributed by atoms with Crippen molar-refractivity contribution < 1.29 is 14.7 Å². The summed E-state index contributed by atoms with van der Waals surface area (Å²) in [5.74, 6) is -0.301. The third-order valence-corrected chi connectivity index (χ3v) is 4.07. The van der Waals surface area contributed by atoms with Crippen LogP contribution in [0.25, 0.3) is 0 Å². The summed E-state index contributed by atoms with van der Waals surface area (Å²) in [5, 5.41) is 9.30. The van der Waals surface area contributed by atoms with Crippen molar-refractivity contribution in [2.24, 2.45) is 11.3 Å². The highest BCUT2D eigenvalue weighted by molar-refractivity contribution is 5.85. The van der Waals surface area contributed by atoms with Crippen molar-refractivity contribution in [3.8, 4) is 0 Å². The van der Waals surface area contributed by atoms with Gasteiger partial charge >= 0.3 is 5.97 Å². The molecule has 1 heterocycles. The molecular formula is C13H23NO3. The summed E-state index contributed by atoms with van der Waals surface area (Å²) < 4.78 is 0. The minimum Gasteiger partial charge on any atom is -0.481 e. The molecule has 17 heavy (non-hydrogen) atoms. The van der Waals surface area contributed by atoms with Gasteiger partial charge in [0.1, 0.15) is 0 Å². The Hall–Kier alpha value is -1.06. The molecule has 0 aliphatic carbocycles. The number of nitrogens with zero attached hydrogens (tertiary/aromatic N) is 1. The molecule has 0 aromatic carbocycles. The van der Waals surface area contributed by atoms with E-state index in [4.69, 9.17) is 0 Å². The summed E-state index contributed by atoms with van der Waals surface area (Å²) in [6, 6.07) is 0. The van der Waals surface area contributed by atoms with Crippen LogP contribution in [0.5, 0.6) is 0 Å². The first-order valence-corrected chi connectivity index (χ1v) is 6.46. The maximum Gasteiger partial charge on any atom is 0.310 e. The standard InChI is InChI=1S/C13H23NO3/c1-4-13(5-2,12(16)17)8-11(15)14-7-6-10(3)9-14/h10H,4-9H2,1-3H3,(H,16,17). The topological polar surface area (TPSA) is 57.6 Å². The van der Waals surface area contributed by atoms with E-state index < -0.39 is 11.4 Å². The van der Waals surface area contributed by atoms with Crippen molar-refractivity contribution in [2.45, 2.75) is 46.5 Å². The van der Waals surface area contributed by atoms with Gasteiger partial charge in [-0.3, -0.25) is 9.59 Å². The van der Waals surface area contributed by atoms with Crippen molar-refractivity contribution in [1.82, 2.24) is 4.90 Å². The number of carboxylic acids is 1. The number of hydrogen-bond donors (Lipinski definition) is 1. The van der Waals surface area contributed by atoms with Crippen LogP contribution in [-0.2, 0) is 9.59 Å². The van der Waals surface area contributed by atoms with Gasteiger partial charge in [0.2, 0.25) is 5.91 Å². The maximum atomic E-state index is 12.1. The van der Waals surface area contributed by atoms with Crippen LogP contribution in [0.4, 0.5) is 0 Å². The molecule has 1 rings (SSSR count). The number of rotatable bonds is 5. The minimum atomic E-state index is -0.872. The molecule has 1 unspecified atom stereocenters. The molecule has 1 saturated heterocycles. The second kappa shape index (κ2) is 5.52. The van der Waals surface area contributed by atoms with Gasteiger partial charge in [-0.25, -0.2) is 0 Å². The summed E-state index contributed by atoms with van der Waals surface area (Å²) >= 11 is 0. The van der Waals surface area contributed by atoms with Crippen LogP contribution in [0.15, 0.2) is 0 Å². The number of amides is 1. The van der Waals surface area contributed by atoms with Gasteiger partial charge in [-0.2, -0.15) is 0 Å². The van der Waals surface area contributed by atoms with E-state index in [1.54, 1.807) is 0 Å². The second-order valence-electron chi connectivity index (χ2n) is 5.20. The van der Waals surface area contributed by atoms with Crippen LogP contribution in [0.1, 0.15) is 46.5 Å². The number of likely N-dealkylation sites (tertiary alicyclic amines) is 1. The van der Waals surface area contributed by atoms with Crippen molar-refractivity contribution in [3.05, 3.63) is 0 Å². The van der Waals surface area contributed by atoms with E-state index in [-0.39, 0.29) is 12.3 Å². The number of aliphatic carboxylic acids is 1. The quantitative estimate of drug-likeness (QED) is 0.802. The van der Waals surface area contributed by atoms with Crippen LogP contribution in [-0.4, -0.2) is 35.0 Å². The summed E-state index contributed by atoms with van der Waals surface area (Å²) in [5.41, 5.74) is -0.872. The molecule has 0 aromatic heterocycles. The third kappa shape index (κ3) is 2.99. The molecular weight excluding hydrogens is 218 g/mol. The molecule has 0 saturated carbocycles. The average molecular weight is 241 g/mol. The molecule has 1 N–H and O–H groups in total. The van der Waals surface area contributed by atoms with Gasteiger partial charge in [0.15, 0.2) is 0 Å². The Morgan fingerprint density at radius 1 is 1.35 bits per heavy atom. The van der Waals surface area contributed by atoms with Gasteiger partial charge in [-0.1, -0.05) is 20.8 Å². The Labute approximate surface area is 103 Å². The van der Waals surface area contributed by atoms with Gasteiger partial charge in [-0.15, -0.1) is 0 Å². The minimum absolute atomic E-state index is 0.000417. The van der Waals surface area contributed by atoms with E-state index >= 15 is 0 Å². The van der Waals surface area contributed by atoms with Crippen molar-refractivity contribution in [1.29, 1.82) is 0 Å². The predicted octanol–water partition coefficient (Wildman–Crippen LogP) is 2.14. The summed E-state index contributed by atoms with van der Waals surface area (Å²) in [4.78, 5) is 25.2. The van der Waals surface area contributed by atoms with E-state index in [1.165, 1.54) is 0 Å². The molecule has 1 aliphatic heterocycles. The fourth-order valence-electron chi connectivity index (χ4n) is 2.44. The van der Waals surface area contributed by atoms with Gasteiger partial charge in [0.05, 0.1) is 5.41 Å². The number of carbonyl (C=O) groups is 2. The Balaban J connectivity index is 2.68. The average Bonchev–Trinajstić information content (AvgIpc) is 2.72. The van der Waals surface area contributed by atoms with Crippen LogP contribution in [0.2, 0.25) is 0 Å². The van der Waals surface area contributed by atoms with Crippen LogP contribution >= 0.6 is 0 Å². The highest BCUT2D eigenvalue weighted by Crippen LogP contribution is 2.32. The van der Waals surface area contributed by atoms with E-state index in [0.717, 1.165) is 19.5 Å². The predicted molar refractivity (Wildman–Crippen MR) is 65.6 cm³/mol. The Bertz CT molecular complexity index is 297. The van der Waals surface area contributed by atoms with E-state index in [0.29, 0.717) is 18.8 Å². The zero-order valence-electron chi connectivity index (χ0n) is 11.0. The van der Waals surface area contributed by atoms with Crippen molar-refractivity contribution >= 4 is 11.9 Å². The van der Waals surface area contributed by atoms with Crippen molar-refractivity contribution in [3.63, 3.8) is 0 Å². The lowest BCUT2D eigenvalue weighted by atomic mass is 9.79. The van der Waals surface area contributed by atoms with Crippen molar-refractivity contribution in [2.75, 3.05) is 13.1 Å². The molecule has 4 nitrogen and oxygen atoms in total. The fourth-order valence-corrected chi connectivity index (χ4v) is 2.44. The lowest BCUT2D eigenvalue weighted by Gasteiger charge is -2.28. The summed E-state index contributed by atoms with van der Waals surface area (Å²) in [6.45, 7) is 7.37. The fraction of sp³-hybridized carbons (Fsp3) is 0.846. The molecule has 0 radical (unpaired) electrons. The molecule has 1 fully saturated rings. The maximum absolute atomic E-state index is 12.1.